The highest BCUT2D eigenvalue weighted by Crippen LogP contribution is 2.21. The number of rotatable bonds is 6. The SMILES string of the molecule is O=C(C=Cc1cccc2ccccc12)Nc1nonc1NC(=O)C=Cc1cccc2ccccc12. The van der Waals surface area contributed by atoms with Gasteiger partial charge in [-0.2, -0.15) is 0 Å². The molecule has 0 bridgehead atoms. The number of benzene rings is 4. The summed E-state index contributed by atoms with van der Waals surface area (Å²) in [5.41, 5.74) is 1.81. The van der Waals surface area contributed by atoms with E-state index in [2.05, 4.69) is 20.9 Å². The maximum atomic E-state index is 12.5. The molecule has 0 spiro atoms. The van der Waals surface area contributed by atoms with Crippen LogP contribution in [-0.2, 0) is 9.59 Å². The van der Waals surface area contributed by atoms with Crippen LogP contribution in [0.25, 0.3) is 33.7 Å². The van der Waals surface area contributed by atoms with Gasteiger partial charge in [-0.15, -0.1) is 0 Å². The maximum absolute atomic E-state index is 12.5. The third-order valence-corrected chi connectivity index (χ3v) is 5.45. The Balaban J connectivity index is 1.25. The van der Waals surface area contributed by atoms with Gasteiger partial charge in [0.25, 0.3) is 0 Å². The van der Waals surface area contributed by atoms with Gasteiger partial charge in [-0.1, -0.05) is 84.9 Å². The summed E-state index contributed by atoms with van der Waals surface area (Å²) in [5, 5.41) is 16.8. The van der Waals surface area contributed by atoms with E-state index in [9.17, 15) is 9.59 Å². The minimum Gasteiger partial charge on any atom is -0.301 e. The number of anilines is 2. The summed E-state index contributed by atoms with van der Waals surface area (Å²) >= 11 is 0. The van der Waals surface area contributed by atoms with Crippen molar-refractivity contribution >= 4 is 57.1 Å². The number of fused-ring (bicyclic) bond motifs is 2. The molecule has 7 heteroatoms. The van der Waals surface area contributed by atoms with E-state index in [-0.39, 0.29) is 11.6 Å². The average Bonchev–Trinajstić information content (AvgIpc) is 3.32. The molecule has 4 aromatic carbocycles. The Morgan fingerprint density at radius 1 is 0.600 bits per heavy atom. The second-order valence-corrected chi connectivity index (χ2v) is 7.74. The summed E-state index contributed by atoms with van der Waals surface area (Å²) in [6.07, 6.45) is 6.22. The first kappa shape index (κ1) is 21.8. The summed E-state index contributed by atoms with van der Waals surface area (Å²) < 4.78 is 4.71. The fraction of sp³-hybridized carbons (Fsp3) is 0. The molecule has 0 saturated carbocycles. The fourth-order valence-corrected chi connectivity index (χ4v) is 3.79. The quantitative estimate of drug-likeness (QED) is 0.318. The molecule has 7 nitrogen and oxygen atoms in total. The molecule has 0 aliphatic carbocycles. The van der Waals surface area contributed by atoms with Gasteiger partial charge in [0.2, 0.25) is 23.5 Å². The molecule has 1 heterocycles. The van der Waals surface area contributed by atoms with Crippen LogP contribution in [0, 0.1) is 0 Å². The number of nitrogens with one attached hydrogen (secondary N) is 2. The summed E-state index contributed by atoms with van der Waals surface area (Å²) in [6.45, 7) is 0. The van der Waals surface area contributed by atoms with Crippen LogP contribution in [0.5, 0.6) is 0 Å². The van der Waals surface area contributed by atoms with Crippen molar-refractivity contribution in [1.82, 2.24) is 10.3 Å². The molecule has 0 aliphatic rings. The van der Waals surface area contributed by atoms with Crippen molar-refractivity contribution in [3.63, 3.8) is 0 Å². The molecule has 2 amide bonds. The molecule has 0 unspecified atom stereocenters. The minimum atomic E-state index is -0.435. The molecule has 5 rings (SSSR count). The Bertz CT molecular complexity index is 1470. The van der Waals surface area contributed by atoms with Gasteiger partial charge in [0.15, 0.2) is 0 Å². The third-order valence-electron chi connectivity index (χ3n) is 5.45. The molecule has 1 aromatic heterocycles. The molecule has 0 radical (unpaired) electrons. The zero-order valence-electron chi connectivity index (χ0n) is 18.5. The van der Waals surface area contributed by atoms with Crippen LogP contribution >= 0.6 is 0 Å². The lowest BCUT2D eigenvalue weighted by molar-refractivity contribution is -0.112. The molecule has 0 saturated heterocycles. The van der Waals surface area contributed by atoms with Crippen molar-refractivity contribution in [3.8, 4) is 0 Å². The molecule has 5 aromatic rings. The normalized spacial score (nSPS) is 11.4. The molecule has 2 N–H and O–H groups in total. The first-order valence-electron chi connectivity index (χ1n) is 10.9. The van der Waals surface area contributed by atoms with Crippen LogP contribution < -0.4 is 10.6 Å². The van der Waals surface area contributed by atoms with Gasteiger partial charge < -0.3 is 10.6 Å². The van der Waals surface area contributed by atoms with E-state index in [1.54, 1.807) is 12.2 Å². The monoisotopic (exact) mass is 460 g/mol. The van der Waals surface area contributed by atoms with Crippen LogP contribution in [0.4, 0.5) is 11.6 Å². The average molecular weight is 460 g/mol. The predicted octanol–water partition coefficient (Wildman–Crippen LogP) is 5.68. The maximum Gasteiger partial charge on any atom is 0.249 e. The summed E-state index contributed by atoms with van der Waals surface area (Å²) in [5.74, 6) is -0.833. The van der Waals surface area contributed by atoms with Gasteiger partial charge in [0.1, 0.15) is 0 Å². The molecular formula is C28H20N4O3. The van der Waals surface area contributed by atoms with Gasteiger partial charge in [0.05, 0.1) is 0 Å². The van der Waals surface area contributed by atoms with Crippen molar-refractivity contribution in [2.24, 2.45) is 0 Å². The second-order valence-electron chi connectivity index (χ2n) is 7.74. The van der Waals surface area contributed by atoms with Gasteiger partial charge in [-0.25, -0.2) is 4.63 Å². The van der Waals surface area contributed by atoms with Crippen molar-refractivity contribution in [3.05, 3.63) is 108 Å². The van der Waals surface area contributed by atoms with Gasteiger partial charge in [-0.3, -0.25) is 9.59 Å². The number of amides is 2. The number of aromatic nitrogens is 2. The highest BCUT2D eigenvalue weighted by atomic mass is 16.6. The van der Waals surface area contributed by atoms with E-state index in [0.717, 1.165) is 32.7 Å². The molecule has 35 heavy (non-hydrogen) atoms. The largest absolute Gasteiger partial charge is 0.301 e. The first-order chi connectivity index (χ1) is 17.2. The highest BCUT2D eigenvalue weighted by Gasteiger charge is 2.14. The number of nitrogens with zero attached hydrogens (tertiary/aromatic N) is 2. The Hall–Kier alpha value is -5.04. The molecule has 170 valence electrons. The van der Waals surface area contributed by atoms with Crippen LogP contribution in [0.2, 0.25) is 0 Å². The number of carbonyl (C=O) groups excluding carboxylic acids is 2. The van der Waals surface area contributed by atoms with Crippen molar-refractivity contribution < 1.29 is 14.2 Å². The standard InChI is InChI=1S/C28H20N4O3/c33-25(17-15-21-11-5-9-19-7-1-3-13-23(19)21)29-27-28(32-35-31-27)30-26(34)18-16-22-12-6-10-20-8-2-4-14-24(20)22/h1-18H,(H,29,31,33)(H,30,32,34). The number of carbonyl (C=O) groups is 2. The first-order valence-corrected chi connectivity index (χ1v) is 10.9. The zero-order valence-corrected chi connectivity index (χ0v) is 18.5. The zero-order chi connectivity index (χ0) is 24.0. The lowest BCUT2D eigenvalue weighted by atomic mass is 10.0. The lowest BCUT2D eigenvalue weighted by Gasteiger charge is -2.03. The fourth-order valence-electron chi connectivity index (χ4n) is 3.79. The van der Waals surface area contributed by atoms with Gasteiger partial charge in [0, 0.05) is 12.2 Å². The molecular weight excluding hydrogens is 440 g/mol. The highest BCUT2D eigenvalue weighted by molar-refractivity contribution is 6.07. The van der Waals surface area contributed by atoms with E-state index < -0.39 is 11.8 Å². The number of hydrogen-bond acceptors (Lipinski definition) is 5. The minimum absolute atomic E-state index is 0.0180. The van der Waals surface area contributed by atoms with E-state index in [1.165, 1.54) is 12.2 Å². The van der Waals surface area contributed by atoms with Gasteiger partial charge >= 0.3 is 0 Å². The topological polar surface area (TPSA) is 97.1 Å². The summed E-state index contributed by atoms with van der Waals surface area (Å²) in [4.78, 5) is 24.9. The Morgan fingerprint density at radius 3 is 1.51 bits per heavy atom. The lowest BCUT2D eigenvalue weighted by Crippen LogP contribution is -2.13. The predicted molar refractivity (Wildman–Crippen MR) is 138 cm³/mol. The van der Waals surface area contributed by atoms with E-state index in [1.807, 2.05) is 84.9 Å². The van der Waals surface area contributed by atoms with Crippen molar-refractivity contribution in [1.29, 1.82) is 0 Å². The summed E-state index contributed by atoms with van der Waals surface area (Å²) in [7, 11) is 0. The smallest absolute Gasteiger partial charge is 0.249 e. The molecule has 0 atom stereocenters. The third kappa shape index (κ3) is 4.99. The Labute approximate surface area is 200 Å². The molecule has 0 fully saturated rings. The molecule has 0 aliphatic heterocycles. The Morgan fingerprint density at radius 2 is 1.03 bits per heavy atom. The van der Waals surface area contributed by atoms with Crippen molar-refractivity contribution in [2.75, 3.05) is 10.6 Å². The van der Waals surface area contributed by atoms with Crippen molar-refractivity contribution in [2.45, 2.75) is 0 Å². The van der Waals surface area contributed by atoms with Crippen LogP contribution in [0.1, 0.15) is 11.1 Å². The van der Waals surface area contributed by atoms with E-state index in [0.29, 0.717) is 0 Å². The number of hydrogen-bond donors (Lipinski definition) is 2. The van der Waals surface area contributed by atoms with E-state index >= 15 is 0 Å². The van der Waals surface area contributed by atoms with Gasteiger partial charge in [-0.05, 0) is 55.1 Å². The van der Waals surface area contributed by atoms with Crippen LogP contribution in [0.15, 0.2) is 102 Å². The van der Waals surface area contributed by atoms with E-state index in [4.69, 9.17) is 4.63 Å². The van der Waals surface area contributed by atoms with Crippen LogP contribution in [-0.4, -0.2) is 22.1 Å². The summed E-state index contributed by atoms with van der Waals surface area (Å²) in [6, 6.07) is 27.6. The second kappa shape index (κ2) is 9.84. The van der Waals surface area contributed by atoms with Crippen LogP contribution in [0.3, 0.4) is 0 Å². The Kier molecular flexibility index (Phi) is 6.13.